The zero-order valence-corrected chi connectivity index (χ0v) is 11.6. The summed E-state index contributed by atoms with van der Waals surface area (Å²) in [6.45, 7) is 5.97. The molecule has 0 spiro atoms. The highest BCUT2D eigenvalue weighted by atomic mass is 32.2. The van der Waals surface area contributed by atoms with Gasteiger partial charge in [0.25, 0.3) is 0 Å². The van der Waals surface area contributed by atoms with Gasteiger partial charge >= 0.3 is 0 Å². The number of benzene rings is 1. The Hall–Kier alpha value is -0.670. The first-order chi connectivity index (χ1) is 8.22. The fourth-order valence-corrected chi connectivity index (χ4v) is 2.30. The maximum Gasteiger partial charge on any atom is 0.119 e. The number of hydrogen-bond acceptors (Lipinski definition) is 3. The SMILES string of the molecule is CC(C)CSCCOc1ccc(CCN)cc1. The fourth-order valence-electron chi connectivity index (χ4n) is 1.46. The van der Waals surface area contributed by atoms with Gasteiger partial charge < -0.3 is 10.5 Å². The molecule has 0 unspecified atom stereocenters. The molecule has 2 nitrogen and oxygen atoms in total. The van der Waals surface area contributed by atoms with Gasteiger partial charge in [-0.1, -0.05) is 26.0 Å². The molecule has 0 amide bonds. The molecule has 0 aliphatic carbocycles. The molecule has 0 saturated carbocycles. The highest BCUT2D eigenvalue weighted by molar-refractivity contribution is 7.99. The minimum Gasteiger partial charge on any atom is -0.493 e. The molecule has 0 aromatic heterocycles. The van der Waals surface area contributed by atoms with Gasteiger partial charge in [0.1, 0.15) is 5.75 Å². The molecule has 1 aromatic carbocycles. The maximum absolute atomic E-state index is 5.67. The molecular weight excluding hydrogens is 230 g/mol. The smallest absolute Gasteiger partial charge is 0.119 e. The Bertz CT molecular complexity index is 298. The van der Waals surface area contributed by atoms with E-state index in [1.807, 2.05) is 23.9 Å². The minimum absolute atomic E-state index is 0.700. The van der Waals surface area contributed by atoms with Crippen molar-refractivity contribution in [2.75, 3.05) is 24.7 Å². The van der Waals surface area contributed by atoms with Crippen molar-refractivity contribution in [2.24, 2.45) is 11.7 Å². The lowest BCUT2D eigenvalue weighted by molar-refractivity contribution is 0.344. The fraction of sp³-hybridized carbons (Fsp3) is 0.571. The maximum atomic E-state index is 5.67. The van der Waals surface area contributed by atoms with Crippen LogP contribution in [-0.4, -0.2) is 24.7 Å². The first-order valence-electron chi connectivity index (χ1n) is 6.22. The van der Waals surface area contributed by atoms with Gasteiger partial charge in [-0.3, -0.25) is 0 Å². The summed E-state index contributed by atoms with van der Waals surface area (Å²) in [6.07, 6.45) is 0.935. The van der Waals surface area contributed by atoms with E-state index in [-0.39, 0.29) is 0 Å². The lowest BCUT2D eigenvalue weighted by Gasteiger charge is -2.08. The van der Waals surface area contributed by atoms with E-state index in [9.17, 15) is 0 Å². The second-order valence-corrected chi connectivity index (χ2v) is 5.65. The van der Waals surface area contributed by atoms with E-state index in [2.05, 4.69) is 26.0 Å². The van der Waals surface area contributed by atoms with Gasteiger partial charge in [0, 0.05) is 5.75 Å². The predicted octanol–water partition coefficient (Wildman–Crippen LogP) is 2.96. The Morgan fingerprint density at radius 3 is 2.53 bits per heavy atom. The molecule has 0 radical (unpaired) electrons. The third kappa shape index (κ3) is 6.59. The Kier molecular flexibility index (Phi) is 7.13. The average molecular weight is 253 g/mol. The van der Waals surface area contributed by atoms with Crippen molar-refractivity contribution in [3.8, 4) is 5.75 Å². The summed E-state index contributed by atoms with van der Waals surface area (Å²) in [6, 6.07) is 8.23. The third-order valence-electron chi connectivity index (χ3n) is 2.30. The monoisotopic (exact) mass is 253 g/mol. The van der Waals surface area contributed by atoms with E-state index in [4.69, 9.17) is 10.5 Å². The average Bonchev–Trinajstić information content (AvgIpc) is 2.31. The Labute approximate surface area is 109 Å². The Balaban J connectivity index is 2.18. The van der Waals surface area contributed by atoms with Crippen LogP contribution in [0.1, 0.15) is 19.4 Å². The van der Waals surface area contributed by atoms with Crippen LogP contribution in [0, 0.1) is 5.92 Å². The Morgan fingerprint density at radius 2 is 1.94 bits per heavy atom. The first kappa shape index (κ1) is 14.4. The van der Waals surface area contributed by atoms with Gasteiger partial charge in [-0.25, -0.2) is 0 Å². The summed E-state index contributed by atoms with van der Waals surface area (Å²) < 4.78 is 5.67. The molecule has 0 bridgehead atoms. The van der Waals surface area contributed by atoms with Gasteiger partial charge in [-0.05, 0) is 42.3 Å². The number of thioether (sulfide) groups is 1. The van der Waals surface area contributed by atoms with E-state index in [0.717, 1.165) is 30.4 Å². The van der Waals surface area contributed by atoms with Crippen LogP contribution in [0.15, 0.2) is 24.3 Å². The third-order valence-corrected chi connectivity index (χ3v) is 3.66. The number of hydrogen-bond donors (Lipinski definition) is 1. The van der Waals surface area contributed by atoms with Crippen molar-refractivity contribution in [1.29, 1.82) is 0 Å². The summed E-state index contributed by atoms with van der Waals surface area (Å²) in [5.74, 6) is 3.98. The molecule has 1 rings (SSSR count). The summed E-state index contributed by atoms with van der Waals surface area (Å²) in [5.41, 5.74) is 6.77. The highest BCUT2D eigenvalue weighted by Crippen LogP contribution is 2.13. The molecule has 0 aliphatic heterocycles. The quantitative estimate of drug-likeness (QED) is 0.723. The topological polar surface area (TPSA) is 35.2 Å². The molecule has 0 heterocycles. The molecule has 0 saturated heterocycles. The summed E-state index contributed by atoms with van der Waals surface area (Å²) in [5, 5.41) is 0. The van der Waals surface area contributed by atoms with Crippen LogP contribution in [0.3, 0.4) is 0 Å². The molecule has 3 heteroatoms. The van der Waals surface area contributed by atoms with Crippen molar-refractivity contribution < 1.29 is 4.74 Å². The zero-order valence-electron chi connectivity index (χ0n) is 10.8. The second kappa shape index (κ2) is 8.43. The summed E-state index contributed by atoms with van der Waals surface area (Å²) in [7, 11) is 0. The van der Waals surface area contributed by atoms with Gasteiger partial charge in [0.2, 0.25) is 0 Å². The lowest BCUT2D eigenvalue weighted by atomic mass is 10.1. The molecule has 0 fully saturated rings. The van der Waals surface area contributed by atoms with Crippen LogP contribution in [0.25, 0.3) is 0 Å². The van der Waals surface area contributed by atoms with E-state index in [0.29, 0.717) is 6.54 Å². The Morgan fingerprint density at radius 1 is 1.24 bits per heavy atom. The molecule has 0 atom stereocenters. The van der Waals surface area contributed by atoms with Gasteiger partial charge in [-0.2, -0.15) is 11.8 Å². The van der Waals surface area contributed by atoms with E-state index >= 15 is 0 Å². The number of nitrogens with two attached hydrogens (primary N) is 1. The van der Waals surface area contributed by atoms with Gasteiger partial charge in [-0.15, -0.1) is 0 Å². The molecular formula is C14H23NOS. The molecule has 96 valence electrons. The standard InChI is InChI=1S/C14H23NOS/c1-12(2)11-17-10-9-16-14-5-3-13(4-6-14)7-8-15/h3-6,12H,7-11,15H2,1-2H3. The second-order valence-electron chi connectivity index (χ2n) is 4.50. The van der Waals surface area contributed by atoms with Crippen molar-refractivity contribution in [1.82, 2.24) is 0 Å². The zero-order chi connectivity index (χ0) is 12.5. The van der Waals surface area contributed by atoms with Gasteiger partial charge in [0.15, 0.2) is 0 Å². The van der Waals surface area contributed by atoms with E-state index < -0.39 is 0 Å². The van der Waals surface area contributed by atoms with Crippen molar-refractivity contribution >= 4 is 11.8 Å². The van der Waals surface area contributed by atoms with Crippen molar-refractivity contribution in [3.05, 3.63) is 29.8 Å². The number of rotatable bonds is 8. The molecule has 2 N–H and O–H groups in total. The largest absolute Gasteiger partial charge is 0.493 e. The lowest BCUT2D eigenvalue weighted by Crippen LogP contribution is -2.04. The van der Waals surface area contributed by atoms with Crippen molar-refractivity contribution in [2.45, 2.75) is 20.3 Å². The van der Waals surface area contributed by atoms with Crippen LogP contribution < -0.4 is 10.5 Å². The van der Waals surface area contributed by atoms with Crippen LogP contribution in [-0.2, 0) is 6.42 Å². The van der Waals surface area contributed by atoms with Crippen LogP contribution in [0.4, 0.5) is 0 Å². The van der Waals surface area contributed by atoms with Crippen LogP contribution in [0.5, 0.6) is 5.75 Å². The summed E-state index contributed by atoms with van der Waals surface area (Å²) in [4.78, 5) is 0. The predicted molar refractivity (Wildman–Crippen MR) is 76.9 cm³/mol. The van der Waals surface area contributed by atoms with E-state index in [1.165, 1.54) is 11.3 Å². The first-order valence-corrected chi connectivity index (χ1v) is 7.37. The minimum atomic E-state index is 0.700. The molecule has 1 aromatic rings. The number of ether oxygens (including phenoxy) is 1. The summed E-state index contributed by atoms with van der Waals surface area (Å²) >= 11 is 1.95. The molecule has 0 aliphatic rings. The molecule has 17 heavy (non-hydrogen) atoms. The highest BCUT2D eigenvalue weighted by Gasteiger charge is 1.97. The van der Waals surface area contributed by atoms with Crippen LogP contribution >= 0.6 is 11.8 Å². The van der Waals surface area contributed by atoms with Crippen LogP contribution in [0.2, 0.25) is 0 Å². The van der Waals surface area contributed by atoms with Crippen molar-refractivity contribution in [3.63, 3.8) is 0 Å². The van der Waals surface area contributed by atoms with Gasteiger partial charge in [0.05, 0.1) is 6.61 Å². The normalized spacial score (nSPS) is 10.8. The van der Waals surface area contributed by atoms with E-state index in [1.54, 1.807) is 0 Å².